The number of ether oxygens (including phenoxy) is 1. The monoisotopic (exact) mass is 153 g/mol. The van der Waals surface area contributed by atoms with Crippen molar-refractivity contribution in [3.8, 4) is 0 Å². The van der Waals surface area contributed by atoms with Crippen LogP contribution in [0.4, 0.5) is 0 Å². The normalized spacial score (nSPS) is 17.2. The minimum Gasteiger partial charge on any atom is -0.363 e. The third-order valence-electron chi connectivity index (χ3n) is 0.683. The maximum Gasteiger partial charge on any atom is 0.233 e. The predicted molar refractivity (Wildman–Crippen MR) is 35.0 cm³/mol. The zero-order valence-electron chi connectivity index (χ0n) is 5.46. The van der Waals surface area contributed by atoms with Gasteiger partial charge in [0.25, 0.3) is 0 Å². The van der Waals surface area contributed by atoms with Gasteiger partial charge in [0.15, 0.2) is 0 Å². The first-order valence-corrected chi connectivity index (χ1v) is 3.76. The van der Waals surface area contributed by atoms with Gasteiger partial charge in [-0.15, -0.1) is 0 Å². The second kappa shape index (κ2) is 4.87. The van der Waals surface area contributed by atoms with Crippen LogP contribution in [0.1, 0.15) is 13.8 Å². The molecule has 0 rings (SSSR count). The number of hydrogen-bond acceptors (Lipinski definition) is 2. The molecule has 4 nitrogen and oxygen atoms in total. The van der Waals surface area contributed by atoms with E-state index in [0.29, 0.717) is 6.61 Å². The molecule has 2 unspecified atom stereocenters. The average molecular weight is 153 g/mol. The topological polar surface area (TPSA) is 58.6 Å². The van der Waals surface area contributed by atoms with E-state index >= 15 is 0 Å². The second-order valence-electron chi connectivity index (χ2n) is 1.46. The van der Waals surface area contributed by atoms with Crippen LogP contribution in [-0.2, 0) is 16.0 Å². The Morgan fingerprint density at radius 3 is 2.78 bits per heavy atom. The van der Waals surface area contributed by atoms with E-state index in [0.717, 1.165) is 0 Å². The molecule has 0 aromatic heterocycles. The van der Waals surface area contributed by atoms with Crippen LogP contribution in [0, 0.1) is 0 Å². The summed E-state index contributed by atoms with van der Waals surface area (Å²) in [5.74, 6) is 0. The molecule has 0 saturated carbocycles. The van der Waals surface area contributed by atoms with E-state index in [4.69, 9.17) is 9.29 Å². The Kier molecular flexibility index (Phi) is 4.88. The van der Waals surface area contributed by atoms with E-state index in [9.17, 15) is 4.21 Å². The molecule has 5 heteroatoms. The van der Waals surface area contributed by atoms with Gasteiger partial charge >= 0.3 is 0 Å². The standard InChI is InChI=1S/C4H11NO3S/c1-3-8-4(2)5-9(6)7/h4-5H,3H2,1-2H3,(H,6,7). The van der Waals surface area contributed by atoms with Crippen LogP contribution < -0.4 is 4.72 Å². The molecular formula is C4H11NO3S. The SMILES string of the molecule is CCOC(C)NS(=O)O. The van der Waals surface area contributed by atoms with Crippen molar-refractivity contribution < 1.29 is 13.5 Å². The molecule has 0 aliphatic rings. The Morgan fingerprint density at radius 2 is 2.44 bits per heavy atom. The van der Waals surface area contributed by atoms with Crippen molar-refractivity contribution in [3.05, 3.63) is 0 Å². The zero-order valence-corrected chi connectivity index (χ0v) is 6.27. The summed E-state index contributed by atoms with van der Waals surface area (Å²) < 4.78 is 25.4. The maximum absolute atomic E-state index is 10.0. The molecule has 0 heterocycles. The quantitative estimate of drug-likeness (QED) is 0.444. The third-order valence-corrected chi connectivity index (χ3v) is 1.22. The summed E-state index contributed by atoms with van der Waals surface area (Å²) in [6.07, 6.45) is -0.360. The summed E-state index contributed by atoms with van der Waals surface area (Å²) in [5, 5.41) is 0. The van der Waals surface area contributed by atoms with E-state index in [1.54, 1.807) is 6.92 Å². The van der Waals surface area contributed by atoms with Crippen LogP contribution in [0.25, 0.3) is 0 Å². The number of rotatable bonds is 4. The van der Waals surface area contributed by atoms with Crippen LogP contribution in [0.15, 0.2) is 0 Å². The molecule has 2 N–H and O–H groups in total. The summed E-state index contributed by atoms with van der Waals surface area (Å²) in [6, 6.07) is 0. The lowest BCUT2D eigenvalue weighted by molar-refractivity contribution is 0.0686. The smallest absolute Gasteiger partial charge is 0.233 e. The van der Waals surface area contributed by atoms with Gasteiger partial charge in [0.05, 0.1) is 0 Å². The van der Waals surface area contributed by atoms with Crippen molar-refractivity contribution in [2.45, 2.75) is 20.1 Å². The lowest BCUT2D eigenvalue weighted by atomic mass is 10.7. The molecule has 2 atom stereocenters. The van der Waals surface area contributed by atoms with Crippen molar-refractivity contribution in [1.29, 1.82) is 0 Å². The third kappa shape index (κ3) is 5.91. The summed E-state index contributed by atoms with van der Waals surface area (Å²) in [4.78, 5) is 0. The van der Waals surface area contributed by atoms with E-state index in [-0.39, 0.29) is 6.23 Å². The van der Waals surface area contributed by atoms with Crippen LogP contribution >= 0.6 is 0 Å². The van der Waals surface area contributed by atoms with Crippen molar-refractivity contribution in [1.82, 2.24) is 4.72 Å². The molecule has 0 spiro atoms. The van der Waals surface area contributed by atoms with E-state index in [1.165, 1.54) is 0 Å². The molecular weight excluding hydrogens is 142 g/mol. The predicted octanol–water partition coefficient (Wildman–Crippen LogP) is 0.0952. The Bertz CT molecular complexity index is 97.8. The number of nitrogens with one attached hydrogen (secondary N) is 1. The van der Waals surface area contributed by atoms with Crippen molar-refractivity contribution >= 4 is 11.3 Å². The van der Waals surface area contributed by atoms with Crippen LogP contribution in [0.3, 0.4) is 0 Å². The molecule has 0 radical (unpaired) electrons. The van der Waals surface area contributed by atoms with E-state index in [2.05, 4.69) is 4.72 Å². The van der Waals surface area contributed by atoms with Crippen molar-refractivity contribution in [3.63, 3.8) is 0 Å². The molecule has 0 bridgehead atoms. The first-order valence-electron chi connectivity index (χ1n) is 2.65. The van der Waals surface area contributed by atoms with Gasteiger partial charge in [0.2, 0.25) is 11.3 Å². The first kappa shape index (κ1) is 9.03. The number of hydrogen-bond donors (Lipinski definition) is 2. The summed E-state index contributed by atoms with van der Waals surface area (Å²) in [5.41, 5.74) is 0. The van der Waals surface area contributed by atoms with Gasteiger partial charge in [-0.25, -0.2) is 4.21 Å². The van der Waals surface area contributed by atoms with Crippen molar-refractivity contribution in [2.24, 2.45) is 0 Å². The fraction of sp³-hybridized carbons (Fsp3) is 1.00. The van der Waals surface area contributed by atoms with Gasteiger partial charge < -0.3 is 4.74 Å². The molecule has 0 aliphatic carbocycles. The molecule has 56 valence electrons. The van der Waals surface area contributed by atoms with Crippen molar-refractivity contribution in [2.75, 3.05) is 6.61 Å². The summed E-state index contributed by atoms with van der Waals surface area (Å²) >= 11 is -1.97. The first-order chi connectivity index (χ1) is 4.16. The largest absolute Gasteiger partial charge is 0.363 e. The zero-order chi connectivity index (χ0) is 7.28. The Morgan fingerprint density at radius 1 is 1.89 bits per heavy atom. The van der Waals surface area contributed by atoms with Crippen LogP contribution in [-0.4, -0.2) is 21.6 Å². The van der Waals surface area contributed by atoms with Gasteiger partial charge in [0.1, 0.15) is 6.23 Å². The highest BCUT2D eigenvalue weighted by Gasteiger charge is 2.00. The van der Waals surface area contributed by atoms with Gasteiger partial charge in [-0.3, -0.25) is 4.55 Å². The summed E-state index contributed by atoms with van der Waals surface area (Å²) in [7, 11) is 0. The molecule has 0 aromatic carbocycles. The van der Waals surface area contributed by atoms with Crippen LogP contribution in [0.5, 0.6) is 0 Å². The van der Waals surface area contributed by atoms with E-state index < -0.39 is 11.3 Å². The Labute approximate surface area is 57.0 Å². The Balaban J connectivity index is 3.26. The van der Waals surface area contributed by atoms with Gasteiger partial charge in [-0.1, -0.05) is 0 Å². The molecule has 0 aromatic rings. The molecule has 0 aliphatic heterocycles. The fourth-order valence-electron chi connectivity index (χ4n) is 0.426. The second-order valence-corrected chi connectivity index (χ2v) is 2.20. The Hall–Kier alpha value is 0.0300. The molecule has 0 fully saturated rings. The summed E-state index contributed by atoms with van der Waals surface area (Å²) in [6.45, 7) is 4.02. The van der Waals surface area contributed by atoms with Gasteiger partial charge in [0, 0.05) is 6.61 Å². The minimum absolute atomic E-state index is 0.360. The highest BCUT2D eigenvalue weighted by molar-refractivity contribution is 7.77. The van der Waals surface area contributed by atoms with E-state index in [1.807, 2.05) is 6.92 Å². The van der Waals surface area contributed by atoms with Gasteiger partial charge in [-0.2, -0.15) is 4.72 Å². The van der Waals surface area contributed by atoms with Crippen LogP contribution in [0.2, 0.25) is 0 Å². The fourth-order valence-corrected chi connectivity index (χ4v) is 0.778. The average Bonchev–Trinajstić information content (AvgIpc) is 1.63. The highest BCUT2D eigenvalue weighted by Crippen LogP contribution is 1.83. The molecule has 9 heavy (non-hydrogen) atoms. The molecule has 0 saturated heterocycles. The lowest BCUT2D eigenvalue weighted by Crippen LogP contribution is -2.29. The minimum atomic E-state index is -1.97. The highest BCUT2D eigenvalue weighted by atomic mass is 32.2. The van der Waals surface area contributed by atoms with Gasteiger partial charge in [-0.05, 0) is 13.8 Å². The molecule has 0 amide bonds. The maximum atomic E-state index is 10.0. The lowest BCUT2D eigenvalue weighted by Gasteiger charge is -2.08.